The van der Waals surface area contributed by atoms with Crippen LogP contribution in [0.1, 0.15) is 41.5 Å². The second-order valence-electron chi connectivity index (χ2n) is 5.49. The van der Waals surface area contributed by atoms with Crippen molar-refractivity contribution in [3.63, 3.8) is 0 Å². The van der Waals surface area contributed by atoms with Gasteiger partial charge in [0.2, 0.25) is 0 Å². The smallest absolute Gasteiger partial charge is 0.0669 e. The van der Waals surface area contributed by atoms with Gasteiger partial charge in [-0.15, -0.1) is 0 Å². The highest BCUT2D eigenvalue weighted by Gasteiger charge is 2.33. The van der Waals surface area contributed by atoms with Gasteiger partial charge in [-0.25, -0.2) is 0 Å². The maximum absolute atomic E-state index is 5.66. The number of nitrogens with two attached hydrogens (primary N) is 1. The molecule has 0 rings (SSSR count). The molecule has 0 aliphatic rings. The molecule has 0 fully saturated rings. The van der Waals surface area contributed by atoms with E-state index in [9.17, 15) is 0 Å². The Labute approximate surface area is 82.8 Å². The average Bonchev–Trinajstić information content (AvgIpc) is 1.98. The monoisotopic (exact) mass is 187 g/mol. The first kappa shape index (κ1) is 12.9. The van der Waals surface area contributed by atoms with Gasteiger partial charge in [0, 0.05) is 6.54 Å². The largest absolute Gasteiger partial charge is 0.377 e. The van der Waals surface area contributed by atoms with Crippen molar-refractivity contribution >= 4 is 0 Å². The van der Waals surface area contributed by atoms with Crippen LogP contribution in [-0.4, -0.2) is 19.3 Å². The molecule has 0 aromatic rings. The Morgan fingerprint density at radius 3 is 1.92 bits per heavy atom. The van der Waals surface area contributed by atoms with Crippen LogP contribution in [0.15, 0.2) is 0 Å². The third-order valence-electron chi connectivity index (χ3n) is 3.09. The highest BCUT2D eigenvalue weighted by molar-refractivity contribution is 4.82. The first-order chi connectivity index (χ1) is 5.70. The van der Waals surface area contributed by atoms with Crippen LogP contribution in [0.25, 0.3) is 0 Å². The van der Waals surface area contributed by atoms with Crippen molar-refractivity contribution in [2.45, 2.75) is 47.6 Å². The molecule has 0 heterocycles. The van der Waals surface area contributed by atoms with Crippen LogP contribution < -0.4 is 5.73 Å². The van der Waals surface area contributed by atoms with Crippen LogP contribution in [-0.2, 0) is 4.74 Å². The minimum Gasteiger partial charge on any atom is -0.377 e. The van der Waals surface area contributed by atoms with Gasteiger partial charge in [-0.2, -0.15) is 0 Å². The summed E-state index contributed by atoms with van der Waals surface area (Å²) < 4.78 is 5.66. The molecule has 0 spiro atoms. The molecule has 0 radical (unpaired) electrons. The maximum Gasteiger partial charge on any atom is 0.0669 e. The van der Waals surface area contributed by atoms with E-state index in [1.807, 2.05) is 6.92 Å². The van der Waals surface area contributed by atoms with Crippen molar-refractivity contribution < 1.29 is 4.74 Å². The molecular formula is C11H25NO. The van der Waals surface area contributed by atoms with E-state index in [1.165, 1.54) is 0 Å². The Hall–Kier alpha value is -0.0800. The van der Waals surface area contributed by atoms with Gasteiger partial charge in [0.1, 0.15) is 0 Å². The van der Waals surface area contributed by atoms with Gasteiger partial charge in [0.05, 0.1) is 12.7 Å². The first-order valence-electron chi connectivity index (χ1n) is 5.02. The summed E-state index contributed by atoms with van der Waals surface area (Å²) in [6, 6.07) is 0. The molecule has 1 atom stereocenters. The normalized spacial score (nSPS) is 15.9. The van der Waals surface area contributed by atoms with Gasteiger partial charge < -0.3 is 10.5 Å². The summed E-state index contributed by atoms with van der Waals surface area (Å²) in [4.78, 5) is 0. The Bertz CT molecular complexity index is 147. The molecule has 2 nitrogen and oxygen atoms in total. The van der Waals surface area contributed by atoms with Crippen LogP contribution in [0.3, 0.4) is 0 Å². The van der Waals surface area contributed by atoms with E-state index in [0.717, 1.165) is 6.61 Å². The summed E-state index contributed by atoms with van der Waals surface area (Å²) in [5.41, 5.74) is 5.94. The van der Waals surface area contributed by atoms with Crippen molar-refractivity contribution in [3.05, 3.63) is 0 Å². The van der Waals surface area contributed by atoms with E-state index in [1.54, 1.807) is 0 Å². The molecule has 2 N–H and O–H groups in total. The van der Waals surface area contributed by atoms with Gasteiger partial charge in [-0.1, -0.05) is 34.6 Å². The van der Waals surface area contributed by atoms with E-state index in [-0.39, 0.29) is 16.9 Å². The molecule has 0 bridgehead atoms. The Morgan fingerprint density at radius 1 is 1.15 bits per heavy atom. The summed E-state index contributed by atoms with van der Waals surface area (Å²) in [6.07, 6.45) is 0.168. The lowest BCUT2D eigenvalue weighted by Gasteiger charge is -2.39. The van der Waals surface area contributed by atoms with E-state index in [0.29, 0.717) is 6.54 Å². The first-order valence-corrected chi connectivity index (χ1v) is 5.02. The molecule has 2 heteroatoms. The fourth-order valence-electron chi connectivity index (χ4n) is 0.635. The molecule has 0 saturated carbocycles. The quantitative estimate of drug-likeness (QED) is 0.733. The third kappa shape index (κ3) is 4.10. The van der Waals surface area contributed by atoms with Crippen LogP contribution >= 0.6 is 0 Å². The van der Waals surface area contributed by atoms with Crippen LogP contribution in [0, 0.1) is 10.8 Å². The zero-order valence-corrected chi connectivity index (χ0v) is 9.98. The Balaban J connectivity index is 4.04. The fraction of sp³-hybridized carbons (Fsp3) is 1.00. The molecular weight excluding hydrogens is 162 g/mol. The Kier molecular flexibility index (Phi) is 4.40. The predicted octanol–water partition coefficient (Wildman–Crippen LogP) is 2.42. The number of ether oxygens (including phenoxy) is 1. The molecule has 1 unspecified atom stereocenters. The second-order valence-corrected chi connectivity index (χ2v) is 5.49. The standard InChI is InChI=1S/C11H25NO/c1-9(7-12)13-8-11(5,6)10(2,3)4/h9H,7-8,12H2,1-6H3. The Morgan fingerprint density at radius 2 is 1.62 bits per heavy atom. The zero-order chi connectivity index (χ0) is 10.7. The van der Waals surface area contributed by atoms with Gasteiger partial charge in [-0.05, 0) is 17.8 Å². The molecule has 80 valence electrons. The van der Waals surface area contributed by atoms with Gasteiger partial charge in [0.15, 0.2) is 0 Å². The highest BCUT2D eigenvalue weighted by Crippen LogP contribution is 2.37. The van der Waals surface area contributed by atoms with Crippen LogP contribution in [0.5, 0.6) is 0 Å². The van der Waals surface area contributed by atoms with Gasteiger partial charge in [0.25, 0.3) is 0 Å². The number of rotatable bonds is 4. The third-order valence-corrected chi connectivity index (χ3v) is 3.09. The summed E-state index contributed by atoms with van der Waals surface area (Å²) in [6.45, 7) is 14.6. The van der Waals surface area contributed by atoms with Crippen molar-refractivity contribution in [2.24, 2.45) is 16.6 Å². The van der Waals surface area contributed by atoms with E-state index in [2.05, 4.69) is 34.6 Å². The van der Waals surface area contributed by atoms with Gasteiger partial charge >= 0.3 is 0 Å². The van der Waals surface area contributed by atoms with Crippen molar-refractivity contribution in [1.29, 1.82) is 0 Å². The minimum absolute atomic E-state index is 0.168. The zero-order valence-electron chi connectivity index (χ0n) is 9.98. The van der Waals surface area contributed by atoms with Crippen LogP contribution in [0.4, 0.5) is 0 Å². The van der Waals surface area contributed by atoms with Gasteiger partial charge in [-0.3, -0.25) is 0 Å². The molecule has 0 saturated heterocycles. The molecule has 0 aromatic heterocycles. The predicted molar refractivity (Wildman–Crippen MR) is 57.7 cm³/mol. The number of hydrogen-bond donors (Lipinski definition) is 1. The molecule has 13 heavy (non-hydrogen) atoms. The SMILES string of the molecule is CC(CN)OCC(C)(C)C(C)(C)C. The maximum atomic E-state index is 5.66. The highest BCUT2D eigenvalue weighted by atomic mass is 16.5. The second kappa shape index (κ2) is 4.43. The lowest BCUT2D eigenvalue weighted by Crippen LogP contribution is -2.36. The minimum atomic E-state index is 0.168. The van der Waals surface area contributed by atoms with Crippen molar-refractivity contribution in [3.8, 4) is 0 Å². The lowest BCUT2D eigenvalue weighted by atomic mass is 9.70. The summed E-state index contributed by atoms with van der Waals surface area (Å²) in [5, 5.41) is 0. The van der Waals surface area contributed by atoms with Crippen LogP contribution in [0.2, 0.25) is 0 Å². The lowest BCUT2D eigenvalue weighted by molar-refractivity contribution is -0.0298. The van der Waals surface area contributed by atoms with E-state index >= 15 is 0 Å². The summed E-state index contributed by atoms with van der Waals surface area (Å²) in [7, 11) is 0. The fourth-order valence-corrected chi connectivity index (χ4v) is 0.635. The summed E-state index contributed by atoms with van der Waals surface area (Å²) in [5.74, 6) is 0. The summed E-state index contributed by atoms with van der Waals surface area (Å²) >= 11 is 0. The molecule has 0 aliphatic carbocycles. The molecule has 0 aliphatic heterocycles. The molecule has 0 aromatic carbocycles. The van der Waals surface area contributed by atoms with E-state index < -0.39 is 0 Å². The average molecular weight is 187 g/mol. The van der Waals surface area contributed by atoms with Crippen molar-refractivity contribution in [1.82, 2.24) is 0 Å². The molecule has 0 amide bonds. The number of hydrogen-bond acceptors (Lipinski definition) is 2. The van der Waals surface area contributed by atoms with Crippen molar-refractivity contribution in [2.75, 3.05) is 13.2 Å². The topological polar surface area (TPSA) is 35.2 Å². The van der Waals surface area contributed by atoms with E-state index in [4.69, 9.17) is 10.5 Å².